The number of rotatable bonds is 7. The van der Waals surface area contributed by atoms with Crippen LogP contribution in [-0.4, -0.2) is 36.9 Å². The maximum Gasteiger partial charge on any atom is 0.253 e. The van der Waals surface area contributed by atoms with E-state index in [4.69, 9.17) is 17.3 Å². The van der Waals surface area contributed by atoms with E-state index in [1.54, 1.807) is 24.3 Å². The lowest BCUT2D eigenvalue weighted by atomic mass is 9.78. The second-order valence-electron chi connectivity index (χ2n) is 8.54. The van der Waals surface area contributed by atoms with E-state index in [0.29, 0.717) is 16.5 Å². The standard InChI is InChI=1S/C25H32ClN3O2/c1-16(24(27)30)19-8-13-23(20(14-19)15-28-2)17-6-11-22(12-7-17)29(3)25(31)18-4-9-21(26)10-5-18/h4-5,8-10,13-14,16-17,22,28H,6-7,11-12,15H2,1-3H3,(H2,27,30)/t16?,17-,22-. The van der Waals surface area contributed by atoms with Crippen molar-refractivity contribution in [1.82, 2.24) is 10.2 Å². The summed E-state index contributed by atoms with van der Waals surface area (Å²) in [6, 6.07) is 13.6. The molecule has 2 aromatic carbocycles. The topological polar surface area (TPSA) is 75.4 Å². The smallest absolute Gasteiger partial charge is 0.253 e. The first kappa shape index (κ1) is 23.3. The van der Waals surface area contributed by atoms with E-state index in [1.807, 2.05) is 32.0 Å². The Morgan fingerprint density at radius 3 is 2.35 bits per heavy atom. The minimum absolute atomic E-state index is 0.0424. The number of nitrogens with zero attached hydrogens (tertiary/aromatic N) is 1. The van der Waals surface area contributed by atoms with Gasteiger partial charge < -0.3 is 16.0 Å². The summed E-state index contributed by atoms with van der Waals surface area (Å²) in [5.41, 5.74) is 9.69. The van der Waals surface area contributed by atoms with Crippen LogP contribution in [0.4, 0.5) is 0 Å². The Kier molecular flexibility index (Phi) is 7.74. The zero-order valence-corrected chi connectivity index (χ0v) is 19.3. The molecule has 0 aliphatic heterocycles. The van der Waals surface area contributed by atoms with Crippen LogP contribution in [0, 0.1) is 0 Å². The van der Waals surface area contributed by atoms with Crippen molar-refractivity contribution in [3.05, 3.63) is 69.7 Å². The van der Waals surface area contributed by atoms with Gasteiger partial charge in [0.1, 0.15) is 0 Å². The SMILES string of the molecule is CNCc1cc(C(C)C(N)=O)ccc1[C@H]1CC[C@H](N(C)C(=O)c2ccc(Cl)cc2)CC1. The first-order valence-electron chi connectivity index (χ1n) is 10.9. The molecule has 1 atom stereocenters. The lowest BCUT2D eigenvalue weighted by Gasteiger charge is -2.35. The molecule has 3 N–H and O–H groups in total. The van der Waals surface area contributed by atoms with Gasteiger partial charge in [0.05, 0.1) is 5.92 Å². The van der Waals surface area contributed by atoms with Crippen LogP contribution in [0.3, 0.4) is 0 Å². The molecule has 31 heavy (non-hydrogen) atoms. The molecule has 0 spiro atoms. The highest BCUT2D eigenvalue weighted by atomic mass is 35.5. The van der Waals surface area contributed by atoms with Crippen molar-refractivity contribution in [3.8, 4) is 0 Å². The Morgan fingerprint density at radius 2 is 1.77 bits per heavy atom. The van der Waals surface area contributed by atoms with Gasteiger partial charge in [-0.05, 0) is 86.5 Å². The van der Waals surface area contributed by atoms with Crippen molar-refractivity contribution >= 4 is 23.4 Å². The molecule has 2 aromatic rings. The van der Waals surface area contributed by atoms with E-state index in [9.17, 15) is 9.59 Å². The summed E-state index contributed by atoms with van der Waals surface area (Å²) in [5, 5.41) is 3.88. The van der Waals surface area contributed by atoms with Crippen LogP contribution >= 0.6 is 11.6 Å². The van der Waals surface area contributed by atoms with E-state index >= 15 is 0 Å². The van der Waals surface area contributed by atoms with Gasteiger partial charge in [0.2, 0.25) is 5.91 Å². The van der Waals surface area contributed by atoms with Crippen LogP contribution in [-0.2, 0) is 11.3 Å². The van der Waals surface area contributed by atoms with Gasteiger partial charge in [-0.25, -0.2) is 0 Å². The number of primary amides is 1. The third kappa shape index (κ3) is 5.46. The fraction of sp³-hybridized carbons (Fsp3) is 0.440. The second kappa shape index (κ2) is 10.3. The van der Waals surface area contributed by atoms with Gasteiger partial charge in [-0.3, -0.25) is 9.59 Å². The molecule has 5 nitrogen and oxygen atoms in total. The van der Waals surface area contributed by atoms with Gasteiger partial charge in [0.15, 0.2) is 0 Å². The van der Waals surface area contributed by atoms with Gasteiger partial charge in [-0.2, -0.15) is 0 Å². The lowest BCUT2D eigenvalue weighted by Crippen LogP contribution is -2.39. The molecule has 1 unspecified atom stereocenters. The molecular weight excluding hydrogens is 410 g/mol. The van der Waals surface area contributed by atoms with Crippen molar-refractivity contribution < 1.29 is 9.59 Å². The summed E-state index contributed by atoms with van der Waals surface area (Å²) >= 11 is 5.94. The number of carbonyl (C=O) groups excluding carboxylic acids is 2. The van der Waals surface area contributed by atoms with Crippen LogP contribution in [0.15, 0.2) is 42.5 Å². The van der Waals surface area contributed by atoms with Crippen molar-refractivity contribution in [3.63, 3.8) is 0 Å². The zero-order valence-electron chi connectivity index (χ0n) is 18.5. The van der Waals surface area contributed by atoms with Gasteiger partial charge >= 0.3 is 0 Å². The summed E-state index contributed by atoms with van der Waals surface area (Å²) in [6.07, 6.45) is 4.01. The molecule has 0 bridgehead atoms. The number of nitrogens with one attached hydrogen (secondary N) is 1. The molecule has 1 aliphatic carbocycles. The molecular formula is C25H32ClN3O2. The van der Waals surface area contributed by atoms with Gasteiger partial charge in [-0.15, -0.1) is 0 Å². The van der Waals surface area contributed by atoms with E-state index in [1.165, 1.54) is 11.1 Å². The second-order valence-corrected chi connectivity index (χ2v) is 8.98. The summed E-state index contributed by atoms with van der Waals surface area (Å²) in [5.74, 6) is -0.109. The normalized spacial score (nSPS) is 19.6. The van der Waals surface area contributed by atoms with Gasteiger partial charge in [-0.1, -0.05) is 29.8 Å². The first-order valence-corrected chi connectivity index (χ1v) is 11.3. The van der Waals surface area contributed by atoms with Crippen LogP contribution < -0.4 is 11.1 Å². The number of carbonyl (C=O) groups is 2. The largest absolute Gasteiger partial charge is 0.369 e. The molecule has 1 aliphatic rings. The minimum atomic E-state index is -0.308. The molecule has 166 valence electrons. The number of hydrogen-bond acceptors (Lipinski definition) is 3. The van der Waals surface area contributed by atoms with Crippen LogP contribution in [0.25, 0.3) is 0 Å². The Morgan fingerprint density at radius 1 is 1.13 bits per heavy atom. The monoisotopic (exact) mass is 441 g/mol. The van der Waals surface area contributed by atoms with Crippen molar-refractivity contribution in [2.75, 3.05) is 14.1 Å². The molecule has 1 fully saturated rings. The van der Waals surface area contributed by atoms with Crippen molar-refractivity contribution in [1.29, 1.82) is 0 Å². The predicted molar refractivity (Wildman–Crippen MR) is 125 cm³/mol. The van der Waals surface area contributed by atoms with Gasteiger partial charge in [0.25, 0.3) is 5.91 Å². The van der Waals surface area contributed by atoms with Crippen LogP contribution in [0.2, 0.25) is 5.02 Å². The average Bonchev–Trinajstić information content (AvgIpc) is 2.78. The Bertz CT molecular complexity index is 921. The quantitative estimate of drug-likeness (QED) is 0.666. The molecule has 0 heterocycles. The Balaban J connectivity index is 1.69. The highest BCUT2D eigenvalue weighted by Gasteiger charge is 2.29. The van der Waals surface area contributed by atoms with E-state index in [-0.39, 0.29) is 23.8 Å². The number of halogens is 1. The highest BCUT2D eigenvalue weighted by molar-refractivity contribution is 6.30. The molecule has 1 saturated carbocycles. The average molecular weight is 442 g/mol. The van der Waals surface area contributed by atoms with E-state index in [2.05, 4.69) is 17.4 Å². The molecule has 6 heteroatoms. The molecule has 0 radical (unpaired) electrons. The predicted octanol–water partition coefficient (Wildman–Crippen LogP) is 4.45. The maximum atomic E-state index is 12.8. The Hall–Kier alpha value is -2.37. The minimum Gasteiger partial charge on any atom is -0.369 e. The molecule has 2 amide bonds. The number of hydrogen-bond donors (Lipinski definition) is 2. The lowest BCUT2D eigenvalue weighted by molar-refractivity contribution is -0.119. The third-order valence-electron chi connectivity index (χ3n) is 6.56. The highest BCUT2D eigenvalue weighted by Crippen LogP contribution is 2.37. The van der Waals surface area contributed by atoms with Crippen LogP contribution in [0.5, 0.6) is 0 Å². The maximum absolute atomic E-state index is 12.8. The molecule has 0 saturated heterocycles. The summed E-state index contributed by atoms with van der Waals surface area (Å²) in [7, 11) is 3.83. The summed E-state index contributed by atoms with van der Waals surface area (Å²) in [4.78, 5) is 26.3. The van der Waals surface area contributed by atoms with Gasteiger partial charge in [0, 0.05) is 30.2 Å². The van der Waals surface area contributed by atoms with Crippen LogP contribution in [0.1, 0.15) is 71.5 Å². The van der Waals surface area contributed by atoms with Crippen molar-refractivity contribution in [2.24, 2.45) is 5.73 Å². The Labute approximate surface area is 190 Å². The molecule has 0 aromatic heterocycles. The number of benzene rings is 2. The number of nitrogens with two attached hydrogens (primary N) is 1. The molecule has 3 rings (SSSR count). The van der Waals surface area contributed by atoms with E-state index in [0.717, 1.165) is 37.8 Å². The van der Waals surface area contributed by atoms with Crippen molar-refractivity contribution in [2.45, 2.75) is 57.0 Å². The summed E-state index contributed by atoms with van der Waals surface area (Å²) < 4.78 is 0. The number of amides is 2. The third-order valence-corrected chi connectivity index (χ3v) is 6.81. The summed E-state index contributed by atoms with van der Waals surface area (Å²) in [6.45, 7) is 2.60. The first-order chi connectivity index (χ1) is 14.8. The fourth-order valence-corrected chi connectivity index (χ4v) is 4.66. The fourth-order valence-electron chi connectivity index (χ4n) is 4.54. The van der Waals surface area contributed by atoms with E-state index < -0.39 is 0 Å². The zero-order chi connectivity index (χ0) is 22.5.